The maximum atomic E-state index is 9.12. The van der Waals surface area contributed by atoms with E-state index < -0.39 is 0 Å². The van der Waals surface area contributed by atoms with E-state index in [0.29, 0.717) is 5.92 Å². The number of fused-ring (bicyclic) bond motifs is 5. The van der Waals surface area contributed by atoms with Crippen molar-refractivity contribution < 1.29 is 5.21 Å². The van der Waals surface area contributed by atoms with Gasteiger partial charge < -0.3 is 5.21 Å². The van der Waals surface area contributed by atoms with Crippen molar-refractivity contribution in [3.05, 3.63) is 11.6 Å². The molecule has 0 bridgehead atoms. The Labute approximate surface area is 127 Å². The van der Waals surface area contributed by atoms with E-state index >= 15 is 0 Å². The fourth-order valence-electron chi connectivity index (χ4n) is 6.16. The summed E-state index contributed by atoms with van der Waals surface area (Å²) in [6, 6.07) is 0. The Morgan fingerprint density at radius 3 is 2.81 bits per heavy atom. The molecule has 0 radical (unpaired) electrons. The van der Waals surface area contributed by atoms with Crippen LogP contribution in [0.4, 0.5) is 0 Å². The molecule has 0 aromatic heterocycles. The maximum Gasteiger partial charge on any atom is 0.0807 e. The average Bonchev–Trinajstić information content (AvgIpc) is 3.01. The molecular formula is C19H25NO. The number of terminal acetylenes is 1. The molecule has 3 saturated carbocycles. The summed E-state index contributed by atoms with van der Waals surface area (Å²) >= 11 is 0. The standard InChI is InChI=1S/C19H25NO/c1-2-12-10-15(20-21)11-14-7-8-17-16-5-3-4-13(16)6-9-18(17)19(12)14/h1,11-13,16-19,21H,3-10H2/b20-15-/t12?,13-,16+,17-,18+,19-/m0/s1. The Kier molecular flexibility index (Phi) is 3.32. The second-order valence-corrected chi connectivity index (χ2v) is 7.61. The zero-order chi connectivity index (χ0) is 14.4. The second-order valence-electron chi connectivity index (χ2n) is 7.61. The number of nitrogens with zero attached hydrogens (tertiary/aromatic N) is 1. The maximum absolute atomic E-state index is 9.12. The molecule has 0 heterocycles. The first-order valence-corrected chi connectivity index (χ1v) is 8.69. The summed E-state index contributed by atoms with van der Waals surface area (Å²) in [7, 11) is 0. The first-order valence-electron chi connectivity index (χ1n) is 8.69. The van der Waals surface area contributed by atoms with Crippen LogP contribution in [0.15, 0.2) is 16.8 Å². The predicted molar refractivity (Wildman–Crippen MR) is 84.0 cm³/mol. The molecule has 4 rings (SSSR count). The van der Waals surface area contributed by atoms with Crippen LogP contribution in [0.3, 0.4) is 0 Å². The highest BCUT2D eigenvalue weighted by molar-refractivity contribution is 5.96. The molecule has 4 aliphatic rings. The minimum Gasteiger partial charge on any atom is -0.411 e. The van der Waals surface area contributed by atoms with E-state index in [0.717, 1.165) is 35.8 Å². The normalized spacial score (nSPS) is 47.0. The van der Waals surface area contributed by atoms with Gasteiger partial charge in [-0.1, -0.05) is 23.6 Å². The lowest BCUT2D eigenvalue weighted by molar-refractivity contribution is 0.0419. The molecule has 1 N–H and O–H groups in total. The van der Waals surface area contributed by atoms with Crippen LogP contribution in [0.1, 0.15) is 51.4 Å². The summed E-state index contributed by atoms with van der Waals surface area (Å²) in [6.45, 7) is 0. The number of oxime groups is 1. The van der Waals surface area contributed by atoms with Crippen molar-refractivity contribution in [3.63, 3.8) is 0 Å². The van der Waals surface area contributed by atoms with Crippen LogP contribution in [0, 0.1) is 47.9 Å². The molecule has 0 amide bonds. The van der Waals surface area contributed by atoms with Crippen LogP contribution >= 0.6 is 0 Å². The topological polar surface area (TPSA) is 32.6 Å². The van der Waals surface area contributed by atoms with Crippen molar-refractivity contribution in [2.75, 3.05) is 0 Å². The van der Waals surface area contributed by atoms with Crippen LogP contribution in [0.25, 0.3) is 0 Å². The van der Waals surface area contributed by atoms with E-state index in [2.05, 4.69) is 17.2 Å². The third-order valence-electron chi connectivity index (χ3n) is 6.90. The predicted octanol–water partition coefficient (Wildman–Crippen LogP) is 4.25. The summed E-state index contributed by atoms with van der Waals surface area (Å²) in [4.78, 5) is 0. The Hall–Kier alpha value is -1.23. The van der Waals surface area contributed by atoms with Crippen molar-refractivity contribution in [2.45, 2.75) is 51.4 Å². The molecule has 2 heteroatoms. The molecule has 3 fully saturated rings. The molecule has 1 unspecified atom stereocenters. The van der Waals surface area contributed by atoms with Crippen molar-refractivity contribution in [3.8, 4) is 12.3 Å². The van der Waals surface area contributed by atoms with Crippen molar-refractivity contribution in [2.24, 2.45) is 40.7 Å². The molecule has 6 atom stereocenters. The van der Waals surface area contributed by atoms with Gasteiger partial charge in [-0.25, -0.2) is 0 Å². The van der Waals surface area contributed by atoms with Crippen LogP contribution in [0.5, 0.6) is 0 Å². The van der Waals surface area contributed by atoms with Crippen molar-refractivity contribution in [1.29, 1.82) is 0 Å². The fraction of sp³-hybridized carbons (Fsp3) is 0.737. The number of hydrogen-bond donors (Lipinski definition) is 1. The average molecular weight is 283 g/mol. The van der Waals surface area contributed by atoms with E-state index in [9.17, 15) is 0 Å². The Morgan fingerprint density at radius 2 is 2.00 bits per heavy atom. The molecule has 0 saturated heterocycles. The first-order chi connectivity index (χ1) is 10.3. The van der Waals surface area contributed by atoms with Gasteiger partial charge >= 0.3 is 0 Å². The molecule has 21 heavy (non-hydrogen) atoms. The van der Waals surface area contributed by atoms with Gasteiger partial charge in [-0.3, -0.25) is 0 Å². The Morgan fingerprint density at radius 1 is 1.10 bits per heavy atom. The van der Waals surface area contributed by atoms with Crippen LogP contribution in [-0.2, 0) is 0 Å². The largest absolute Gasteiger partial charge is 0.411 e. The van der Waals surface area contributed by atoms with Gasteiger partial charge in [-0.2, -0.15) is 0 Å². The third-order valence-corrected chi connectivity index (χ3v) is 6.90. The van der Waals surface area contributed by atoms with Gasteiger partial charge in [0.05, 0.1) is 5.71 Å². The fourth-order valence-corrected chi connectivity index (χ4v) is 6.16. The summed E-state index contributed by atoms with van der Waals surface area (Å²) in [6.07, 6.45) is 18.4. The molecule has 112 valence electrons. The summed E-state index contributed by atoms with van der Waals surface area (Å²) in [5, 5.41) is 12.6. The molecule has 4 aliphatic carbocycles. The van der Waals surface area contributed by atoms with Gasteiger partial charge in [0.15, 0.2) is 0 Å². The molecule has 0 aromatic carbocycles. The lowest BCUT2D eigenvalue weighted by Gasteiger charge is -2.50. The third kappa shape index (κ3) is 2.05. The first kappa shape index (κ1) is 13.4. The van der Waals surface area contributed by atoms with E-state index in [1.165, 1.54) is 50.5 Å². The molecule has 2 nitrogen and oxygen atoms in total. The number of hydrogen-bond acceptors (Lipinski definition) is 2. The monoisotopic (exact) mass is 283 g/mol. The van der Waals surface area contributed by atoms with Crippen molar-refractivity contribution >= 4 is 5.71 Å². The minimum atomic E-state index is 0.252. The Balaban J connectivity index is 1.66. The minimum absolute atomic E-state index is 0.252. The van der Waals surface area contributed by atoms with Crippen molar-refractivity contribution in [1.82, 2.24) is 0 Å². The van der Waals surface area contributed by atoms with Gasteiger partial charge in [0.1, 0.15) is 0 Å². The zero-order valence-corrected chi connectivity index (χ0v) is 12.7. The highest BCUT2D eigenvalue weighted by Crippen LogP contribution is 2.57. The summed E-state index contributed by atoms with van der Waals surface area (Å²) in [5.41, 5.74) is 2.27. The quantitative estimate of drug-likeness (QED) is 0.402. The van der Waals surface area contributed by atoms with Gasteiger partial charge in [0.2, 0.25) is 0 Å². The molecule has 0 aromatic rings. The number of allylic oxidation sites excluding steroid dienone is 2. The molecule has 0 aliphatic heterocycles. The van der Waals surface area contributed by atoms with Gasteiger partial charge in [-0.15, -0.1) is 12.3 Å². The summed E-state index contributed by atoms with van der Waals surface area (Å²) in [5.74, 6) is 7.56. The van der Waals surface area contributed by atoms with Crippen LogP contribution in [0.2, 0.25) is 0 Å². The molecule has 0 spiro atoms. The van der Waals surface area contributed by atoms with Gasteiger partial charge in [-0.05, 0) is 67.8 Å². The SMILES string of the molecule is C#CC1C/C(=N/O)C=C2CC[C@H]3[C@@H]4CCC[C@H]4CC[C@H]3[C@H]21. The van der Waals surface area contributed by atoms with E-state index in [-0.39, 0.29) is 5.92 Å². The zero-order valence-electron chi connectivity index (χ0n) is 12.7. The lowest BCUT2D eigenvalue weighted by Crippen LogP contribution is -2.43. The smallest absolute Gasteiger partial charge is 0.0807 e. The Bertz CT molecular complexity index is 526. The van der Waals surface area contributed by atoms with E-state index in [4.69, 9.17) is 11.6 Å². The van der Waals surface area contributed by atoms with E-state index in [1.54, 1.807) is 0 Å². The highest BCUT2D eigenvalue weighted by Gasteiger charge is 2.49. The lowest BCUT2D eigenvalue weighted by atomic mass is 9.54. The second kappa shape index (κ2) is 5.20. The van der Waals surface area contributed by atoms with Gasteiger partial charge in [0, 0.05) is 12.3 Å². The molecular weight excluding hydrogens is 258 g/mol. The number of rotatable bonds is 0. The highest BCUT2D eigenvalue weighted by atomic mass is 16.4. The van der Waals surface area contributed by atoms with Crippen LogP contribution < -0.4 is 0 Å². The van der Waals surface area contributed by atoms with E-state index in [1.807, 2.05) is 0 Å². The van der Waals surface area contributed by atoms with Gasteiger partial charge in [0.25, 0.3) is 0 Å². The van der Waals surface area contributed by atoms with Crippen LogP contribution in [-0.4, -0.2) is 10.9 Å². The summed E-state index contributed by atoms with van der Waals surface area (Å²) < 4.78 is 0.